The summed E-state index contributed by atoms with van der Waals surface area (Å²) in [7, 11) is 0. The van der Waals surface area contributed by atoms with Crippen molar-refractivity contribution >= 4 is 10.9 Å². The highest BCUT2D eigenvalue weighted by Gasteiger charge is 2.46. The van der Waals surface area contributed by atoms with Gasteiger partial charge in [0, 0.05) is 60.3 Å². The van der Waals surface area contributed by atoms with E-state index in [2.05, 4.69) is 9.88 Å². The number of aromatic amines is 1. The third kappa shape index (κ3) is 4.12. The second-order valence-electron chi connectivity index (χ2n) is 10.3. The lowest BCUT2D eigenvalue weighted by Crippen LogP contribution is -2.51. The van der Waals surface area contributed by atoms with E-state index in [1.807, 2.05) is 31.2 Å². The van der Waals surface area contributed by atoms with Crippen LogP contribution in [0.2, 0.25) is 0 Å². The van der Waals surface area contributed by atoms with Gasteiger partial charge in [-0.2, -0.15) is 0 Å². The summed E-state index contributed by atoms with van der Waals surface area (Å²) in [5.74, 6) is -3.29. The maximum absolute atomic E-state index is 15.8. The first kappa shape index (κ1) is 23.6. The standard InChI is InChI=1S/C27H29F4N3O2/c1-16-8-20-19-4-2-3-5-22(19)32-25(20)26-24-21(29)9-18(35-7-6-33-12-17(11-28)13-33)10-23(24)36-15-27(30,31)14-34(16)26/h2-5,9-10,16-17,26,32H,6-8,11-15H2,1H3/t16-,26-/m1/s1. The van der Waals surface area contributed by atoms with E-state index in [0.29, 0.717) is 26.1 Å². The monoisotopic (exact) mass is 503 g/mol. The zero-order valence-corrected chi connectivity index (χ0v) is 20.1. The lowest BCUT2D eigenvalue weighted by Gasteiger charge is -2.44. The van der Waals surface area contributed by atoms with Crippen molar-refractivity contribution in [2.24, 2.45) is 5.92 Å². The highest BCUT2D eigenvalue weighted by atomic mass is 19.3. The first-order valence-electron chi connectivity index (χ1n) is 12.4. The van der Waals surface area contributed by atoms with E-state index in [1.54, 1.807) is 4.90 Å². The summed E-state index contributed by atoms with van der Waals surface area (Å²) in [5.41, 5.74) is 2.89. The van der Waals surface area contributed by atoms with Gasteiger partial charge in [-0.25, -0.2) is 13.2 Å². The number of rotatable bonds is 5. The largest absolute Gasteiger partial charge is 0.492 e. The Morgan fingerprint density at radius 2 is 2.00 bits per heavy atom. The first-order chi connectivity index (χ1) is 17.3. The Bertz CT molecular complexity index is 1270. The zero-order chi connectivity index (χ0) is 25.0. The predicted octanol–water partition coefficient (Wildman–Crippen LogP) is 4.95. The van der Waals surface area contributed by atoms with E-state index >= 15 is 4.39 Å². The molecule has 5 nitrogen and oxygen atoms in total. The smallest absolute Gasteiger partial charge is 0.293 e. The molecule has 1 aromatic heterocycles. The fourth-order valence-corrected chi connectivity index (χ4v) is 5.85. The second kappa shape index (κ2) is 8.95. The Morgan fingerprint density at radius 1 is 1.19 bits per heavy atom. The highest BCUT2D eigenvalue weighted by Crippen LogP contribution is 2.47. The van der Waals surface area contributed by atoms with Crippen LogP contribution < -0.4 is 9.47 Å². The fraction of sp³-hybridized carbons (Fsp3) is 0.481. The van der Waals surface area contributed by atoms with Gasteiger partial charge in [0.1, 0.15) is 23.9 Å². The normalized spacial score (nSPS) is 24.1. The molecule has 9 heteroatoms. The number of para-hydroxylation sites is 1. The van der Waals surface area contributed by atoms with Crippen LogP contribution in [0, 0.1) is 11.7 Å². The highest BCUT2D eigenvalue weighted by molar-refractivity contribution is 5.85. The molecule has 6 rings (SSSR count). The van der Waals surface area contributed by atoms with Gasteiger partial charge in [0.25, 0.3) is 5.92 Å². The number of alkyl halides is 3. The summed E-state index contributed by atoms with van der Waals surface area (Å²) in [6.07, 6.45) is 0.588. The number of nitrogens with zero attached hydrogens (tertiary/aromatic N) is 2. The average molecular weight is 504 g/mol. The molecule has 0 saturated carbocycles. The van der Waals surface area contributed by atoms with E-state index in [4.69, 9.17) is 9.47 Å². The van der Waals surface area contributed by atoms with Crippen molar-refractivity contribution < 1.29 is 27.0 Å². The molecular weight excluding hydrogens is 474 g/mol. The quantitative estimate of drug-likeness (QED) is 0.501. The molecule has 2 aromatic carbocycles. The molecule has 192 valence electrons. The summed E-state index contributed by atoms with van der Waals surface area (Å²) in [4.78, 5) is 7.14. The van der Waals surface area contributed by atoms with Crippen LogP contribution in [0.3, 0.4) is 0 Å². The summed E-state index contributed by atoms with van der Waals surface area (Å²) >= 11 is 0. The minimum Gasteiger partial charge on any atom is -0.492 e. The predicted molar refractivity (Wildman–Crippen MR) is 128 cm³/mol. The number of likely N-dealkylation sites (tertiary alicyclic amines) is 1. The van der Waals surface area contributed by atoms with E-state index < -0.39 is 30.9 Å². The molecule has 36 heavy (non-hydrogen) atoms. The molecule has 0 aliphatic carbocycles. The van der Waals surface area contributed by atoms with Crippen LogP contribution in [0.25, 0.3) is 10.9 Å². The minimum atomic E-state index is -3.11. The minimum absolute atomic E-state index is 0.0690. The number of ether oxygens (including phenoxy) is 2. The first-order valence-corrected chi connectivity index (χ1v) is 12.4. The van der Waals surface area contributed by atoms with Crippen molar-refractivity contribution in [3.8, 4) is 11.5 Å². The molecule has 0 unspecified atom stereocenters. The van der Waals surface area contributed by atoms with Gasteiger partial charge in [-0.3, -0.25) is 14.2 Å². The molecule has 3 aliphatic rings. The van der Waals surface area contributed by atoms with Gasteiger partial charge in [-0.15, -0.1) is 0 Å². The molecule has 0 amide bonds. The molecule has 0 spiro atoms. The van der Waals surface area contributed by atoms with Crippen LogP contribution in [0.15, 0.2) is 36.4 Å². The van der Waals surface area contributed by atoms with Crippen molar-refractivity contribution in [3.63, 3.8) is 0 Å². The van der Waals surface area contributed by atoms with Gasteiger partial charge in [-0.05, 0) is 25.0 Å². The van der Waals surface area contributed by atoms with Crippen LogP contribution in [0.1, 0.15) is 29.8 Å². The number of benzene rings is 2. The Balaban J connectivity index is 1.37. The summed E-state index contributed by atoms with van der Waals surface area (Å²) in [5, 5.41) is 1.02. The number of nitrogens with one attached hydrogen (secondary N) is 1. The number of hydrogen-bond donors (Lipinski definition) is 1. The van der Waals surface area contributed by atoms with E-state index in [1.165, 1.54) is 12.1 Å². The lowest BCUT2D eigenvalue weighted by molar-refractivity contribution is -0.0867. The zero-order valence-electron chi connectivity index (χ0n) is 20.1. The van der Waals surface area contributed by atoms with Crippen LogP contribution >= 0.6 is 0 Å². The lowest BCUT2D eigenvalue weighted by atomic mass is 9.87. The van der Waals surface area contributed by atoms with E-state index in [0.717, 1.165) is 22.2 Å². The van der Waals surface area contributed by atoms with Crippen molar-refractivity contribution in [2.45, 2.75) is 31.4 Å². The number of fused-ring (bicyclic) bond motifs is 7. The van der Waals surface area contributed by atoms with Gasteiger partial charge in [0.05, 0.1) is 24.8 Å². The van der Waals surface area contributed by atoms with Crippen molar-refractivity contribution in [1.29, 1.82) is 0 Å². The third-order valence-electron chi connectivity index (χ3n) is 7.64. The molecule has 0 bridgehead atoms. The molecule has 1 fully saturated rings. The number of aromatic nitrogens is 1. The Kier molecular flexibility index (Phi) is 5.87. The van der Waals surface area contributed by atoms with Gasteiger partial charge >= 0.3 is 0 Å². The number of hydrogen-bond acceptors (Lipinski definition) is 4. The van der Waals surface area contributed by atoms with Crippen molar-refractivity contribution in [3.05, 3.63) is 59.0 Å². The Labute approximate surface area is 207 Å². The summed E-state index contributed by atoms with van der Waals surface area (Å²) in [6, 6.07) is 9.66. The van der Waals surface area contributed by atoms with Gasteiger partial charge in [0.15, 0.2) is 6.61 Å². The average Bonchev–Trinajstić information content (AvgIpc) is 3.17. The summed E-state index contributed by atoms with van der Waals surface area (Å²) in [6.45, 7) is 2.45. The molecule has 1 saturated heterocycles. The molecular formula is C27H29F4N3O2. The molecule has 1 N–H and O–H groups in total. The topological polar surface area (TPSA) is 40.7 Å². The van der Waals surface area contributed by atoms with Gasteiger partial charge < -0.3 is 14.5 Å². The van der Waals surface area contributed by atoms with E-state index in [9.17, 15) is 13.2 Å². The van der Waals surface area contributed by atoms with Crippen molar-refractivity contribution in [1.82, 2.24) is 14.8 Å². The number of halogens is 4. The van der Waals surface area contributed by atoms with Crippen molar-refractivity contribution in [2.75, 3.05) is 46.1 Å². The molecule has 0 radical (unpaired) electrons. The Hall–Kier alpha value is -2.78. The van der Waals surface area contributed by atoms with E-state index in [-0.39, 0.29) is 42.3 Å². The maximum atomic E-state index is 15.8. The van der Waals surface area contributed by atoms with Gasteiger partial charge in [0.2, 0.25) is 0 Å². The molecule has 3 aromatic rings. The van der Waals surface area contributed by atoms with Crippen LogP contribution in [-0.4, -0.2) is 72.8 Å². The van der Waals surface area contributed by atoms with Gasteiger partial charge in [-0.1, -0.05) is 18.2 Å². The third-order valence-corrected chi connectivity index (χ3v) is 7.64. The molecule has 4 heterocycles. The van der Waals surface area contributed by atoms with Crippen LogP contribution in [0.5, 0.6) is 11.5 Å². The molecule has 3 aliphatic heterocycles. The number of H-pyrrole nitrogens is 1. The SMILES string of the molecule is C[C@@H]1Cc2c([nH]c3ccccc23)[C@H]2c3c(F)cc(OCCN4CC(CF)C4)cc3OCC(F)(F)CN21. The molecule has 2 atom stereocenters. The van der Waals surface area contributed by atoms with Crippen LogP contribution in [-0.2, 0) is 6.42 Å². The summed E-state index contributed by atoms with van der Waals surface area (Å²) < 4.78 is 69.6. The second-order valence-corrected chi connectivity index (χ2v) is 10.3. The fourth-order valence-electron chi connectivity index (χ4n) is 5.85. The Morgan fingerprint density at radius 3 is 2.81 bits per heavy atom. The van der Waals surface area contributed by atoms with Crippen LogP contribution in [0.4, 0.5) is 17.6 Å². The maximum Gasteiger partial charge on any atom is 0.293 e.